The van der Waals surface area contributed by atoms with E-state index in [9.17, 15) is 10.1 Å². The molecule has 0 fully saturated rings. The summed E-state index contributed by atoms with van der Waals surface area (Å²) in [5.41, 5.74) is 5.33. The number of hydrogen-bond donors (Lipinski definition) is 2. The minimum absolute atomic E-state index is 0.0110. The first-order valence-corrected chi connectivity index (χ1v) is 3.29. The second-order valence-electron chi connectivity index (χ2n) is 2.15. The van der Waals surface area contributed by atoms with Crippen molar-refractivity contribution in [3.05, 3.63) is 10.1 Å². The monoisotopic (exact) mass is 197 g/mol. The third kappa shape index (κ3) is 1.12. The number of H-pyrrole nitrogens is 1. The summed E-state index contributed by atoms with van der Waals surface area (Å²) in [6, 6.07) is 0. The number of tetrazole rings is 1. The molecule has 0 bridgehead atoms. The van der Waals surface area contributed by atoms with Gasteiger partial charge >= 0.3 is 17.8 Å². The third-order valence-corrected chi connectivity index (χ3v) is 1.31. The van der Waals surface area contributed by atoms with Gasteiger partial charge in [0.1, 0.15) is 0 Å². The van der Waals surface area contributed by atoms with Gasteiger partial charge in [0.2, 0.25) is 0 Å². The molecule has 0 saturated heterocycles. The van der Waals surface area contributed by atoms with E-state index in [1.165, 1.54) is 0 Å². The highest BCUT2D eigenvalue weighted by molar-refractivity contribution is 5.28. The lowest BCUT2D eigenvalue weighted by atomic mass is 10.9. The number of nitrogens with zero attached hydrogens (tertiary/aromatic N) is 7. The summed E-state index contributed by atoms with van der Waals surface area (Å²) < 4.78 is 0.904. The van der Waals surface area contributed by atoms with Gasteiger partial charge in [0.15, 0.2) is 0 Å². The molecule has 0 saturated carbocycles. The van der Waals surface area contributed by atoms with Crippen molar-refractivity contribution in [2.45, 2.75) is 0 Å². The smallest absolute Gasteiger partial charge is 0.390 e. The quantitative estimate of drug-likeness (QED) is 0.425. The van der Waals surface area contributed by atoms with E-state index in [1.807, 2.05) is 0 Å². The first-order chi connectivity index (χ1) is 6.68. The molecule has 11 nitrogen and oxygen atoms in total. The zero-order chi connectivity index (χ0) is 10.1. The Kier molecular flexibility index (Phi) is 1.56. The van der Waals surface area contributed by atoms with Crippen molar-refractivity contribution in [3.63, 3.8) is 0 Å². The molecule has 0 aliphatic carbocycles. The summed E-state index contributed by atoms with van der Waals surface area (Å²) in [5, 5.41) is 26.2. The maximum atomic E-state index is 10.3. The highest BCUT2D eigenvalue weighted by atomic mass is 16.6. The van der Waals surface area contributed by atoms with Crippen molar-refractivity contribution >= 4 is 11.9 Å². The van der Waals surface area contributed by atoms with Gasteiger partial charge in [0.25, 0.3) is 0 Å². The Hall–Kier alpha value is -2.59. The van der Waals surface area contributed by atoms with Gasteiger partial charge in [-0.05, 0) is 15.1 Å². The Balaban J connectivity index is 2.50. The van der Waals surface area contributed by atoms with E-state index in [0.29, 0.717) is 0 Å². The molecule has 0 amide bonds. The third-order valence-electron chi connectivity index (χ3n) is 1.31. The molecule has 0 aromatic carbocycles. The van der Waals surface area contributed by atoms with E-state index in [0.717, 1.165) is 4.68 Å². The standard InChI is InChI=1S/C3H3N9O2/c4-1-5-2(12(13)14)8-11(1)3-6-9-10-7-3/h(H2,4,5,8)(H,6,7,9,10). The molecule has 11 heteroatoms. The van der Waals surface area contributed by atoms with Crippen molar-refractivity contribution in [1.29, 1.82) is 0 Å². The number of nitrogen functional groups attached to an aromatic ring is 1. The average molecular weight is 197 g/mol. The lowest BCUT2D eigenvalue weighted by molar-refractivity contribution is -0.394. The van der Waals surface area contributed by atoms with Gasteiger partial charge < -0.3 is 15.8 Å². The number of hydrogen-bond acceptors (Lipinski definition) is 8. The molecule has 2 heterocycles. The average Bonchev–Trinajstić information content (AvgIpc) is 2.71. The predicted molar refractivity (Wildman–Crippen MR) is 40.2 cm³/mol. The lowest BCUT2D eigenvalue weighted by Crippen LogP contribution is -2.04. The topological polar surface area (TPSA) is 154 Å². The molecule has 72 valence electrons. The Morgan fingerprint density at radius 1 is 1.57 bits per heavy atom. The number of nitrogens with two attached hydrogens (primary N) is 1. The summed E-state index contributed by atoms with van der Waals surface area (Å²) in [4.78, 5) is 12.9. The Morgan fingerprint density at radius 2 is 2.36 bits per heavy atom. The van der Waals surface area contributed by atoms with Crippen LogP contribution in [0.3, 0.4) is 0 Å². The second-order valence-corrected chi connectivity index (χ2v) is 2.15. The predicted octanol–water partition coefficient (Wildman–Crippen LogP) is -1.73. The minimum Gasteiger partial charge on any atom is -0.390 e. The fourth-order valence-corrected chi connectivity index (χ4v) is 0.784. The van der Waals surface area contributed by atoms with Gasteiger partial charge in [-0.3, -0.25) is 0 Å². The number of rotatable bonds is 2. The van der Waals surface area contributed by atoms with Crippen LogP contribution in [0.25, 0.3) is 5.95 Å². The second kappa shape index (κ2) is 2.72. The van der Waals surface area contributed by atoms with Crippen LogP contribution in [0.5, 0.6) is 0 Å². The fourth-order valence-electron chi connectivity index (χ4n) is 0.784. The molecule has 0 spiro atoms. The van der Waals surface area contributed by atoms with Crippen molar-refractivity contribution in [3.8, 4) is 5.95 Å². The van der Waals surface area contributed by atoms with Crippen LogP contribution < -0.4 is 5.73 Å². The molecule has 0 aliphatic heterocycles. The van der Waals surface area contributed by atoms with Gasteiger partial charge in [-0.25, -0.2) is 0 Å². The number of anilines is 1. The van der Waals surface area contributed by atoms with Gasteiger partial charge in [-0.1, -0.05) is 9.78 Å². The summed E-state index contributed by atoms with van der Waals surface area (Å²) in [6.07, 6.45) is 0. The molecule has 2 rings (SSSR count). The first-order valence-electron chi connectivity index (χ1n) is 3.29. The first kappa shape index (κ1) is 8.03. The van der Waals surface area contributed by atoms with Crippen molar-refractivity contribution in [1.82, 2.24) is 35.4 Å². The van der Waals surface area contributed by atoms with Crippen LogP contribution in [-0.2, 0) is 0 Å². The molecule has 0 atom stereocenters. The molecule has 0 radical (unpaired) electrons. The van der Waals surface area contributed by atoms with Crippen LogP contribution in [0.2, 0.25) is 0 Å². The zero-order valence-electron chi connectivity index (χ0n) is 6.52. The maximum absolute atomic E-state index is 10.3. The summed E-state index contributed by atoms with van der Waals surface area (Å²) in [7, 11) is 0. The fraction of sp³-hybridized carbons (Fsp3) is 0. The SMILES string of the molecule is Nc1nc([N+](=O)[O-])nn1-c1nn[nH]n1. The number of aromatic nitrogens is 7. The van der Waals surface area contributed by atoms with E-state index in [4.69, 9.17) is 5.73 Å². The highest BCUT2D eigenvalue weighted by Crippen LogP contribution is 2.09. The van der Waals surface area contributed by atoms with E-state index in [2.05, 4.69) is 30.7 Å². The molecule has 3 N–H and O–H groups in total. The van der Waals surface area contributed by atoms with Crippen molar-refractivity contribution in [2.24, 2.45) is 0 Å². The molecular weight excluding hydrogens is 194 g/mol. The van der Waals surface area contributed by atoms with Crippen LogP contribution in [-0.4, -0.2) is 40.3 Å². The molecule has 0 unspecified atom stereocenters. The molecule has 14 heavy (non-hydrogen) atoms. The van der Waals surface area contributed by atoms with Crippen LogP contribution in [0, 0.1) is 10.1 Å². The van der Waals surface area contributed by atoms with E-state index >= 15 is 0 Å². The van der Waals surface area contributed by atoms with Gasteiger partial charge in [0, 0.05) is 5.10 Å². The van der Waals surface area contributed by atoms with E-state index in [1.54, 1.807) is 0 Å². The summed E-state index contributed by atoms with van der Waals surface area (Å²) in [5.74, 6) is -0.812. The van der Waals surface area contributed by atoms with Crippen LogP contribution >= 0.6 is 0 Å². The Labute approximate surface area is 75.1 Å². The van der Waals surface area contributed by atoms with Crippen molar-refractivity contribution in [2.75, 3.05) is 5.73 Å². The zero-order valence-corrected chi connectivity index (χ0v) is 6.52. The maximum Gasteiger partial charge on any atom is 0.493 e. The van der Waals surface area contributed by atoms with Gasteiger partial charge in [0.05, 0.1) is 0 Å². The van der Waals surface area contributed by atoms with Crippen LogP contribution in [0.1, 0.15) is 0 Å². The van der Waals surface area contributed by atoms with Gasteiger partial charge in [-0.2, -0.15) is 5.21 Å². The molecule has 0 aliphatic rings. The minimum atomic E-state index is -0.771. The number of aromatic amines is 1. The molecule has 2 aromatic heterocycles. The van der Waals surface area contributed by atoms with Gasteiger partial charge in [-0.15, -0.1) is 5.10 Å². The van der Waals surface area contributed by atoms with E-state index in [-0.39, 0.29) is 11.9 Å². The normalized spacial score (nSPS) is 10.3. The largest absolute Gasteiger partial charge is 0.493 e. The molecule has 2 aromatic rings. The summed E-state index contributed by atoms with van der Waals surface area (Å²) >= 11 is 0. The van der Waals surface area contributed by atoms with Crippen LogP contribution in [0.15, 0.2) is 0 Å². The van der Waals surface area contributed by atoms with Crippen molar-refractivity contribution < 1.29 is 4.92 Å². The van der Waals surface area contributed by atoms with Crippen LogP contribution in [0.4, 0.5) is 11.9 Å². The highest BCUT2D eigenvalue weighted by Gasteiger charge is 2.22. The van der Waals surface area contributed by atoms with E-state index < -0.39 is 10.9 Å². The number of nitrogens with one attached hydrogen (secondary N) is 1. The Bertz CT molecular complexity index is 456. The number of nitro groups is 1. The molecular formula is C3H3N9O2. The Morgan fingerprint density at radius 3 is 2.86 bits per heavy atom. The summed E-state index contributed by atoms with van der Waals surface area (Å²) in [6.45, 7) is 0. The lowest BCUT2D eigenvalue weighted by Gasteiger charge is -1.85.